The Morgan fingerprint density at radius 1 is 1.16 bits per heavy atom. The molecular weight excluding hydrogens is 334 g/mol. The van der Waals surface area contributed by atoms with Crippen LogP contribution >= 0.6 is 0 Å². The van der Waals surface area contributed by atoms with E-state index in [1.165, 1.54) is 19.3 Å². The number of likely N-dealkylation sites (tertiary alicyclic amines) is 1. The molecule has 0 radical (unpaired) electrons. The van der Waals surface area contributed by atoms with Gasteiger partial charge < -0.3 is 10.2 Å². The quantitative estimate of drug-likeness (QED) is 0.803. The van der Waals surface area contributed by atoms with Crippen molar-refractivity contribution in [1.29, 1.82) is 0 Å². The molecule has 0 aromatic heterocycles. The van der Waals surface area contributed by atoms with Gasteiger partial charge in [-0.3, -0.25) is 0 Å². The SMILES string of the molecule is Cc1ccc(CS(=O)(=O)N(CCN2CCCCC2)C2CCNC2)cc1. The van der Waals surface area contributed by atoms with Crippen molar-refractivity contribution in [3.05, 3.63) is 35.4 Å². The van der Waals surface area contributed by atoms with E-state index < -0.39 is 10.0 Å². The number of nitrogens with zero attached hydrogens (tertiary/aromatic N) is 2. The molecule has 3 rings (SSSR count). The molecule has 2 fully saturated rings. The molecule has 25 heavy (non-hydrogen) atoms. The smallest absolute Gasteiger partial charge is 0.218 e. The predicted octanol–water partition coefficient (Wildman–Crippen LogP) is 1.97. The molecule has 0 aliphatic carbocycles. The molecule has 5 nitrogen and oxygen atoms in total. The van der Waals surface area contributed by atoms with Gasteiger partial charge in [0.25, 0.3) is 0 Å². The monoisotopic (exact) mass is 365 g/mol. The molecule has 6 heteroatoms. The summed E-state index contributed by atoms with van der Waals surface area (Å²) in [5, 5.41) is 3.31. The number of nitrogens with one attached hydrogen (secondary N) is 1. The third-order valence-electron chi connectivity index (χ3n) is 5.35. The van der Waals surface area contributed by atoms with E-state index >= 15 is 0 Å². The van der Waals surface area contributed by atoms with Crippen LogP contribution in [0.2, 0.25) is 0 Å². The molecular formula is C19H31N3O2S. The molecule has 0 bridgehead atoms. The van der Waals surface area contributed by atoms with E-state index in [2.05, 4.69) is 10.2 Å². The Hall–Kier alpha value is -0.950. The minimum Gasteiger partial charge on any atom is -0.315 e. The number of benzene rings is 1. The number of sulfonamides is 1. The summed E-state index contributed by atoms with van der Waals surface area (Å²) >= 11 is 0. The first kappa shape index (κ1) is 18.8. The van der Waals surface area contributed by atoms with Crippen molar-refractivity contribution in [2.24, 2.45) is 0 Å². The molecule has 1 unspecified atom stereocenters. The van der Waals surface area contributed by atoms with Crippen LogP contribution in [0.1, 0.15) is 36.8 Å². The zero-order valence-electron chi connectivity index (χ0n) is 15.3. The average Bonchev–Trinajstić information content (AvgIpc) is 3.12. The van der Waals surface area contributed by atoms with Crippen LogP contribution in [-0.4, -0.2) is 62.9 Å². The fourth-order valence-electron chi connectivity index (χ4n) is 3.83. The lowest BCUT2D eigenvalue weighted by Gasteiger charge is -2.32. The molecule has 1 N–H and O–H groups in total. The Labute approximate surface area is 152 Å². The van der Waals surface area contributed by atoms with Crippen molar-refractivity contribution in [3.8, 4) is 0 Å². The molecule has 2 heterocycles. The minimum absolute atomic E-state index is 0.0974. The van der Waals surface area contributed by atoms with Gasteiger partial charge >= 0.3 is 0 Å². The van der Waals surface area contributed by atoms with E-state index in [4.69, 9.17) is 0 Å². The lowest BCUT2D eigenvalue weighted by molar-refractivity contribution is 0.202. The van der Waals surface area contributed by atoms with Crippen molar-refractivity contribution in [2.45, 2.75) is 44.4 Å². The highest BCUT2D eigenvalue weighted by molar-refractivity contribution is 7.88. The molecule has 0 spiro atoms. The summed E-state index contributed by atoms with van der Waals surface area (Å²) < 4.78 is 28.0. The summed E-state index contributed by atoms with van der Waals surface area (Å²) in [5.74, 6) is 0.101. The Morgan fingerprint density at radius 3 is 2.52 bits per heavy atom. The van der Waals surface area contributed by atoms with Crippen molar-refractivity contribution in [1.82, 2.24) is 14.5 Å². The molecule has 140 valence electrons. The van der Waals surface area contributed by atoms with Gasteiger partial charge in [-0.25, -0.2) is 8.42 Å². The van der Waals surface area contributed by atoms with Crippen molar-refractivity contribution < 1.29 is 8.42 Å². The van der Waals surface area contributed by atoms with Crippen molar-refractivity contribution in [3.63, 3.8) is 0 Å². The molecule has 1 atom stereocenters. The first-order chi connectivity index (χ1) is 12.0. The lowest BCUT2D eigenvalue weighted by atomic mass is 10.1. The summed E-state index contributed by atoms with van der Waals surface area (Å²) in [6.45, 7) is 7.37. The van der Waals surface area contributed by atoms with Crippen LogP contribution in [0, 0.1) is 6.92 Å². The van der Waals surface area contributed by atoms with E-state index in [0.717, 1.165) is 50.3 Å². The Balaban J connectivity index is 1.69. The third kappa shape index (κ3) is 5.26. The molecule has 0 saturated carbocycles. The summed E-state index contributed by atoms with van der Waals surface area (Å²) in [6, 6.07) is 7.94. The summed E-state index contributed by atoms with van der Waals surface area (Å²) in [5.41, 5.74) is 2.03. The van der Waals surface area contributed by atoms with E-state index in [0.29, 0.717) is 6.54 Å². The Kier molecular flexibility index (Phi) is 6.49. The maximum atomic E-state index is 13.1. The van der Waals surface area contributed by atoms with Gasteiger partial charge in [0.15, 0.2) is 0 Å². The summed E-state index contributed by atoms with van der Waals surface area (Å²) in [7, 11) is -3.31. The number of aryl methyl sites for hydroxylation is 1. The standard InChI is InChI=1S/C19H31N3O2S/c1-17-5-7-18(8-6-17)16-25(23,24)22(19-9-10-20-15-19)14-13-21-11-3-2-4-12-21/h5-8,19-20H,2-4,9-16H2,1H3. The van der Waals surface area contributed by atoms with Gasteiger partial charge in [0.05, 0.1) is 5.75 Å². The normalized spacial score (nSPS) is 22.6. The van der Waals surface area contributed by atoms with E-state index in [1.54, 1.807) is 4.31 Å². The zero-order valence-corrected chi connectivity index (χ0v) is 16.1. The van der Waals surface area contributed by atoms with Crippen molar-refractivity contribution >= 4 is 10.0 Å². The van der Waals surface area contributed by atoms with Gasteiger partial charge in [-0.15, -0.1) is 0 Å². The lowest BCUT2D eigenvalue weighted by Crippen LogP contribution is -2.46. The van der Waals surface area contributed by atoms with Crippen molar-refractivity contribution in [2.75, 3.05) is 39.3 Å². The number of rotatable bonds is 7. The van der Waals surface area contributed by atoms with E-state index in [-0.39, 0.29) is 11.8 Å². The largest absolute Gasteiger partial charge is 0.315 e. The van der Waals surface area contributed by atoms with Gasteiger partial charge in [-0.05, 0) is 51.4 Å². The second-order valence-electron chi connectivity index (χ2n) is 7.40. The molecule has 1 aromatic rings. The third-order valence-corrected chi connectivity index (χ3v) is 7.25. The van der Waals surface area contributed by atoms with Crippen LogP contribution in [0.5, 0.6) is 0 Å². The molecule has 0 amide bonds. The number of piperidine rings is 1. The van der Waals surface area contributed by atoms with Gasteiger partial charge in [0.2, 0.25) is 10.0 Å². The maximum Gasteiger partial charge on any atom is 0.218 e. The summed E-state index contributed by atoms with van der Waals surface area (Å²) in [6.07, 6.45) is 4.69. The van der Waals surface area contributed by atoms with Crippen LogP contribution < -0.4 is 5.32 Å². The fourth-order valence-corrected chi connectivity index (χ4v) is 5.61. The van der Waals surface area contributed by atoms with Gasteiger partial charge in [-0.1, -0.05) is 36.2 Å². The Morgan fingerprint density at radius 2 is 1.88 bits per heavy atom. The van der Waals surface area contributed by atoms with Gasteiger partial charge in [0.1, 0.15) is 0 Å². The first-order valence-electron chi connectivity index (χ1n) is 9.53. The highest BCUT2D eigenvalue weighted by Crippen LogP contribution is 2.19. The molecule has 1 aromatic carbocycles. The second kappa shape index (κ2) is 8.62. The Bertz CT molecular complexity index is 633. The topological polar surface area (TPSA) is 52.7 Å². The zero-order chi connectivity index (χ0) is 17.7. The van der Waals surface area contributed by atoms with Crippen LogP contribution in [-0.2, 0) is 15.8 Å². The minimum atomic E-state index is -3.31. The van der Waals surface area contributed by atoms with Gasteiger partial charge in [-0.2, -0.15) is 4.31 Å². The highest BCUT2D eigenvalue weighted by Gasteiger charge is 2.32. The first-order valence-corrected chi connectivity index (χ1v) is 11.1. The van der Waals surface area contributed by atoms with Crippen LogP contribution in [0.3, 0.4) is 0 Å². The molecule has 2 aliphatic heterocycles. The van der Waals surface area contributed by atoms with Crippen LogP contribution in [0.15, 0.2) is 24.3 Å². The average molecular weight is 366 g/mol. The predicted molar refractivity (Wildman–Crippen MR) is 102 cm³/mol. The second-order valence-corrected chi connectivity index (χ2v) is 9.32. The number of hydrogen-bond donors (Lipinski definition) is 1. The number of hydrogen-bond acceptors (Lipinski definition) is 4. The van der Waals surface area contributed by atoms with Gasteiger partial charge in [0, 0.05) is 25.7 Å². The maximum absolute atomic E-state index is 13.1. The molecule has 2 saturated heterocycles. The molecule has 2 aliphatic rings. The van der Waals surface area contributed by atoms with E-state index in [9.17, 15) is 8.42 Å². The van der Waals surface area contributed by atoms with E-state index in [1.807, 2.05) is 31.2 Å². The summed E-state index contributed by atoms with van der Waals surface area (Å²) in [4.78, 5) is 2.42. The van der Waals surface area contributed by atoms with Crippen LogP contribution in [0.25, 0.3) is 0 Å². The fraction of sp³-hybridized carbons (Fsp3) is 0.684. The highest BCUT2D eigenvalue weighted by atomic mass is 32.2. The van der Waals surface area contributed by atoms with Crippen LogP contribution in [0.4, 0.5) is 0 Å².